The molecule has 2 aromatic rings. The van der Waals surface area contributed by atoms with Crippen molar-refractivity contribution in [2.45, 2.75) is 6.42 Å². The van der Waals surface area contributed by atoms with Crippen LogP contribution in [0.25, 0.3) is 0 Å². The molecule has 1 saturated heterocycles. The van der Waals surface area contributed by atoms with Gasteiger partial charge < -0.3 is 14.4 Å². The molecule has 0 radical (unpaired) electrons. The second-order valence-corrected chi connectivity index (χ2v) is 5.34. The lowest BCUT2D eigenvalue weighted by Crippen LogP contribution is -2.27. The Morgan fingerprint density at radius 3 is 2.35 bits per heavy atom. The topological polar surface area (TPSA) is 55.8 Å². The van der Waals surface area contributed by atoms with Crippen LogP contribution in [0.4, 0.5) is 5.69 Å². The van der Waals surface area contributed by atoms with Gasteiger partial charge in [-0.25, -0.2) is 0 Å². The molecule has 0 saturated carbocycles. The second-order valence-electron chi connectivity index (χ2n) is 5.34. The van der Waals surface area contributed by atoms with Crippen molar-refractivity contribution in [1.29, 1.82) is 0 Å². The van der Waals surface area contributed by atoms with Crippen molar-refractivity contribution in [1.82, 2.24) is 0 Å². The fraction of sp³-hybridized carbons (Fsp3) is 0.222. The Hall–Kier alpha value is -2.82. The Bertz CT molecular complexity index is 697. The van der Waals surface area contributed by atoms with Crippen LogP contribution in [0.2, 0.25) is 0 Å². The molecule has 0 spiro atoms. The van der Waals surface area contributed by atoms with Crippen molar-refractivity contribution in [3.8, 4) is 11.5 Å². The third-order valence-corrected chi connectivity index (χ3v) is 3.80. The van der Waals surface area contributed by atoms with Gasteiger partial charge in [-0.1, -0.05) is 18.2 Å². The van der Waals surface area contributed by atoms with Gasteiger partial charge in [0.05, 0.1) is 13.0 Å². The van der Waals surface area contributed by atoms with E-state index in [-0.39, 0.29) is 18.3 Å². The zero-order chi connectivity index (χ0) is 16.2. The Balaban J connectivity index is 1.65. The van der Waals surface area contributed by atoms with Gasteiger partial charge in [0.2, 0.25) is 5.91 Å². The highest BCUT2D eigenvalue weighted by molar-refractivity contribution is 5.99. The van der Waals surface area contributed by atoms with Crippen LogP contribution in [0, 0.1) is 5.92 Å². The number of esters is 1. The number of para-hydroxylation sites is 1. The second kappa shape index (κ2) is 6.52. The van der Waals surface area contributed by atoms with Gasteiger partial charge in [0.15, 0.2) is 0 Å². The van der Waals surface area contributed by atoms with E-state index in [4.69, 9.17) is 9.47 Å². The number of anilines is 1. The minimum atomic E-state index is -0.454. The third-order valence-electron chi connectivity index (χ3n) is 3.80. The first kappa shape index (κ1) is 15.1. The monoisotopic (exact) mass is 311 g/mol. The lowest BCUT2D eigenvalue weighted by Gasteiger charge is -2.16. The third kappa shape index (κ3) is 3.34. The highest BCUT2D eigenvalue weighted by Crippen LogP contribution is 2.26. The molecule has 5 nitrogen and oxygen atoms in total. The van der Waals surface area contributed by atoms with Crippen molar-refractivity contribution in [3.05, 3.63) is 54.6 Å². The molecule has 1 amide bonds. The predicted molar refractivity (Wildman–Crippen MR) is 85.5 cm³/mol. The standard InChI is InChI=1S/C18H17NO4/c1-22-15-7-9-16(10-8-15)23-18(21)13-11-17(20)19(12-13)14-5-3-2-4-6-14/h2-10,13H,11-12H2,1H3/t13-/m0/s1. The van der Waals surface area contributed by atoms with Crippen LogP contribution in [0.15, 0.2) is 54.6 Å². The number of carbonyl (C=O) groups is 2. The largest absolute Gasteiger partial charge is 0.497 e. The summed E-state index contributed by atoms with van der Waals surface area (Å²) in [6.07, 6.45) is 0.171. The summed E-state index contributed by atoms with van der Waals surface area (Å²) in [5, 5.41) is 0. The average molecular weight is 311 g/mol. The predicted octanol–water partition coefficient (Wildman–Crippen LogP) is 2.65. The molecule has 2 aromatic carbocycles. The minimum Gasteiger partial charge on any atom is -0.497 e. The molecule has 1 heterocycles. The van der Waals surface area contributed by atoms with Crippen molar-refractivity contribution in [2.75, 3.05) is 18.6 Å². The van der Waals surface area contributed by atoms with Gasteiger partial charge in [-0.15, -0.1) is 0 Å². The van der Waals surface area contributed by atoms with Gasteiger partial charge in [0.1, 0.15) is 11.5 Å². The van der Waals surface area contributed by atoms with E-state index in [0.717, 1.165) is 5.69 Å². The van der Waals surface area contributed by atoms with Crippen LogP contribution < -0.4 is 14.4 Å². The van der Waals surface area contributed by atoms with Crippen LogP contribution in [-0.2, 0) is 9.59 Å². The number of amides is 1. The van der Waals surface area contributed by atoms with E-state index in [9.17, 15) is 9.59 Å². The van der Waals surface area contributed by atoms with Gasteiger partial charge in [-0.2, -0.15) is 0 Å². The van der Waals surface area contributed by atoms with E-state index < -0.39 is 5.92 Å². The highest BCUT2D eigenvalue weighted by atomic mass is 16.5. The molecular formula is C18H17NO4. The van der Waals surface area contributed by atoms with Crippen molar-refractivity contribution in [2.24, 2.45) is 5.92 Å². The molecule has 1 aliphatic rings. The molecule has 23 heavy (non-hydrogen) atoms. The summed E-state index contributed by atoms with van der Waals surface area (Å²) < 4.78 is 10.4. The Morgan fingerprint density at radius 2 is 1.70 bits per heavy atom. The number of carbonyl (C=O) groups excluding carboxylic acids is 2. The number of benzene rings is 2. The summed E-state index contributed by atoms with van der Waals surface area (Å²) in [5.41, 5.74) is 0.803. The molecule has 3 rings (SSSR count). The van der Waals surface area contributed by atoms with E-state index in [1.807, 2.05) is 30.3 Å². The number of nitrogens with zero attached hydrogens (tertiary/aromatic N) is 1. The summed E-state index contributed by atoms with van der Waals surface area (Å²) in [7, 11) is 1.57. The molecule has 118 valence electrons. The average Bonchev–Trinajstić information content (AvgIpc) is 2.98. The number of rotatable bonds is 4. The van der Waals surface area contributed by atoms with Gasteiger partial charge in [-0.3, -0.25) is 9.59 Å². The number of ether oxygens (including phenoxy) is 2. The minimum absolute atomic E-state index is 0.0621. The van der Waals surface area contributed by atoms with Gasteiger partial charge in [-0.05, 0) is 36.4 Å². The molecule has 0 N–H and O–H groups in total. The molecule has 5 heteroatoms. The zero-order valence-corrected chi connectivity index (χ0v) is 12.8. The van der Waals surface area contributed by atoms with Crippen LogP contribution in [0.1, 0.15) is 6.42 Å². The summed E-state index contributed by atoms with van der Waals surface area (Å²) in [5.74, 6) is 0.233. The van der Waals surface area contributed by atoms with E-state index in [1.165, 1.54) is 0 Å². The first-order valence-corrected chi connectivity index (χ1v) is 7.38. The molecule has 0 bridgehead atoms. The fourth-order valence-electron chi connectivity index (χ4n) is 2.57. The molecule has 0 aromatic heterocycles. The summed E-state index contributed by atoms with van der Waals surface area (Å²) in [6, 6.07) is 16.1. The van der Waals surface area contributed by atoms with Crippen LogP contribution in [0.5, 0.6) is 11.5 Å². The van der Waals surface area contributed by atoms with E-state index in [2.05, 4.69) is 0 Å². The highest BCUT2D eigenvalue weighted by Gasteiger charge is 2.36. The Morgan fingerprint density at radius 1 is 1.04 bits per heavy atom. The molecule has 0 aliphatic carbocycles. The molecule has 0 unspecified atom stereocenters. The SMILES string of the molecule is COc1ccc(OC(=O)[C@H]2CC(=O)N(c3ccccc3)C2)cc1. The quantitative estimate of drug-likeness (QED) is 0.643. The summed E-state index contributed by atoms with van der Waals surface area (Å²) >= 11 is 0. The molecule has 1 fully saturated rings. The number of methoxy groups -OCH3 is 1. The lowest BCUT2D eigenvalue weighted by molar-refractivity contribution is -0.139. The molecule has 1 aliphatic heterocycles. The van der Waals surface area contributed by atoms with Gasteiger partial charge in [0.25, 0.3) is 0 Å². The van der Waals surface area contributed by atoms with E-state index in [1.54, 1.807) is 36.3 Å². The fourth-order valence-corrected chi connectivity index (χ4v) is 2.57. The van der Waals surface area contributed by atoms with Crippen LogP contribution in [0.3, 0.4) is 0 Å². The summed E-state index contributed by atoms with van der Waals surface area (Å²) in [6.45, 7) is 0.345. The van der Waals surface area contributed by atoms with Crippen LogP contribution >= 0.6 is 0 Å². The maximum Gasteiger partial charge on any atom is 0.316 e. The Kier molecular flexibility index (Phi) is 4.28. The number of hydrogen-bond donors (Lipinski definition) is 0. The van der Waals surface area contributed by atoms with E-state index >= 15 is 0 Å². The lowest BCUT2D eigenvalue weighted by atomic mass is 10.1. The zero-order valence-electron chi connectivity index (χ0n) is 12.8. The Labute approximate surface area is 134 Å². The number of hydrogen-bond acceptors (Lipinski definition) is 4. The van der Waals surface area contributed by atoms with Crippen molar-refractivity contribution >= 4 is 17.6 Å². The smallest absolute Gasteiger partial charge is 0.316 e. The molecule has 1 atom stereocenters. The van der Waals surface area contributed by atoms with Crippen molar-refractivity contribution in [3.63, 3.8) is 0 Å². The summed E-state index contributed by atoms with van der Waals surface area (Å²) in [4.78, 5) is 26.0. The first-order chi connectivity index (χ1) is 11.2. The maximum atomic E-state index is 12.3. The first-order valence-electron chi connectivity index (χ1n) is 7.38. The van der Waals surface area contributed by atoms with Crippen LogP contribution in [-0.4, -0.2) is 25.5 Å². The van der Waals surface area contributed by atoms with Gasteiger partial charge in [0, 0.05) is 18.7 Å². The normalized spacial score (nSPS) is 17.2. The molecular weight excluding hydrogens is 294 g/mol. The van der Waals surface area contributed by atoms with Crippen molar-refractivity contribution < 1.29 is 19.1 Å². The van der Waals surface area contributed by atoms with Gasteiger partial charge >= 0.3 is 5.97 Å². The maximum absolute atomic E-state index is 12.3. The van der Waals surface area contributed by atoms with E-state index in [0.29, 0.717) is 18.0 Å².